The Morgan fingerprint density at radius 2 is 1.94 bits per heavy atom. The first-order valence-corrected chi connectivity index (χ1v) is 7.19. The van der Waals surface area contributed by atoms with Gasteiger partial charge in [0.25, 0.3) is 0 Å². The van der Waals surface area contributed by atoms with Gasteiger partial charge in [0.1, 0.15) is 0 Å². The van der Waals surface area contributed by atoms with E-state index in [0.717, 1.165) is 12.0 Å². The van der Waals surface area contributed by atoms with Gasteiger partial charge < -0.3 is 5.73 Å². The van der Waals surface area contributed by atoms with E-state index in [2.05, 4.69) is 4.98 Å². The standard InChI is InChI=1S/C13H13ClN2OS/c14-12-9-11(15)1-2-13(12)18(17)8-5-10-3-6-16-7-4-10/h1-4,6-7,9H,5,8,15H2. The largest absolute Gasteiger partial charge is 0.399 e. The Morgan fingerprint density at radius 1 is 1.22 bits per heavy atom. The molecule has 0 saturated carbocycles. The van der Waals surface area contributed by atoms with Gasteiger partial charge in [-0.1, -0.05) is 11.6 Å². The predicted molar refractivity (Wildman–Crippen MR) is 75.1 cm³/mol. The maximum Gasteiger partial charge on any atom is 0.0587 e. The van der Waals surface area contributed by atoms with Gasteiger partial charge in [0, 0.05) is 23.8 Å². The first kappa shape index (κ1) is 13.1. The number of aromatic nitrogens is 1. The lowest BCUT2D eigenvalue weighted by Crippen LogP contribution is -2.02. The third-order valence-corrected chi connectivity index (χ3v) is 4.37. The van der Waals surface area contributed by atoms with E-state index in [1.165, 1.54) is 0 Å². The number of aryl methyl sites for hydroxylation is 1. The molecule has 0 fully saturated rings. The second-order valence-corrected chi connectivity index (χ2v) is 5.79. The van der Waals surface area contributed by atoms with Gasteiger partial charge in [0.15, 0.2) is 0 Å². The molecule has 1 atom stereocenters. The number of hydrogen-bond donors (Lipinski definition) is 1. The highest BCUT2D eigenvalue weighted by Crippen LogP contribution is 2.22. The van der Waals surface area contributed by atoms with Gasteiger partial charge in [0.05, 0.1) is 20.7 Å². The number of halogens is 1. The van der Waals surface area contributed by atoms with Crippen molar-refractivity contribution in [2.45, 2.75) is 11.3 Å². The molecule has 2 N–H and O–H groups in total. The number of hydrogen-bond acceptors (Lipinski definition) is 3. The van der Waals surface area contributed by atoms with Crippen LogP contribution in [0.25, 0.3) is 0 Å². The summed E-state index contributed by atoms with van der Waals surface area (Å²) in [5.74, 6) is 0.535. The van der Waals surface area contributed by atoms with Gasteiger partial charge >= 0.3 is 0 Å². The molecule has 0 spiro atoms. The number of nitrogens with two attached hydrogens (primary N) is 1. The smallest absolute Gasteiger partial charge is 0.0587 e. The van der Waals surface area contributed by atoms with Crippen molar-refractivity contribution in [2.75, 3.05) is 11.5 Å². The fourth-order valence-electron chi connectivity index (χ4n) is 1.57. The summed E-state index contributed by atoms with van der Waals surface area (Å²) in [5.41, 5.74) is 7.30. The monoisotopic (exact) mass is 280 g/mol. The highest BCUT2D eigenvalue weighted by molar-refractivity contribution is 7.85. The normalized spacial score (nSPS) is 12.3. The maximum atomic E-state index is 12.1. The van der Waals surface area contributed by atoms with Crippen LogP contribution < -0.4 is 5.73 Å². The Bertz CT molecular complexity index is 560. The Hall–Kier alpha value is -1.39. The second kappa shape index (κ2) is 5.98. The summed E-state index contributed by atoms with van der Waals surface area (Å²) in [7, 11) is -1.11. The zero-order chi connectivity index (χ0) is 13.0. The molecule has 1 aromatic carbocycles. The van der Waals surface area contributed by atoms with Crippen molar-refractivity contribution in [3.8, 4) is 0 Å². The van der Waals surface area contributed by atoms with Crippen LogP contribution in [-0.2, 0) is 17.2 Å². The number of anilines is 1. The molecule has 0 saturated heterocycles. The molecular formula is C13H13ClN2OS. The molecule has 0 amide bonds. The lowest BCUT2D eigenvalue weighted by atomic mass is 10.2. The molecule has 0 aliphatic rings. The highest BCUT2D eigenvalue weighted by atomic mass is 35.5. The summed E-state index contributed by atoms with van der Waals surface area (Å²) in [5, 5.41) is 0.461. The summed E-state index contributed by atoms with van der Waals surface area (Å²) in [6.45, 7) is 0. The number of nitrogens with zero attached hydrogens (tertiary/aromatic N) is 1. The molecule has 1 heterocycles. The van der Waals surface area contributed by atoms with Crippen LogP contribution in [0.15, 0.2) is 47.6 Å². The summed E-state index contributed by atoms with van der Waals surface area (Å²) < 4.78 is 12.1. The SMILES string of the molecule is Nc1ccc(S(=O)CCc2ccncc2)c(Cl)c1. The van der Waals surface area contributed by atoms with Crippen molar-refractivity contribution in [2.24, 2.45) is 0 Å². The summed E-state index contributed by atoms with van der Waals surface area (Å²) in [4.78, 5) is 4.58. The molecule has 2 aromatic rings. The average Bonchev–Trinajstić information content (AvgIpc) is 2.37. The second-order valence-electron chi connectivity index (χ2n) is 3.84. The average molecular weight is 281 g/mol. The van der Waals surface area contributed by atoms with E-state index in [1.54, 1.807) is 30.6 Å². The maximum absolute atomic E-state index is 12.1. The van der Waals surface area contributed by atoms with Gasteiger partial charge in [-0.2, -0.15) is 0 Å². The predicted octanol–water partition coefficient (Wildman–Crippen LogP) is 2.67. The lowest BCUT2D eigenvalue weighted by Gasteiger charge is -2.05. The third-order valence-electron chi connectivity index (χ3n) is 2.53. The minimum Gasteiger partial charge on any atom is -0.399 e. The molecule has 3 nitrogen and oxygen atoms in total. The lowest BCUT2D eigenvalue weighted by molar-refractivity contribution is 0.682. The first-order valence-electron chi connectivity index (χ1n) is 5.49. The molecule has 18 heavy (non-hydrogen) atoms. The number of nitrogen functional groups attached to an aromatic ring is 1. The van der Waals surface area contributed by atoms with Crippen LogP contribution in [0.1, 0.15) is 5.56 Å². The first-order chi connectivity index (χ1) is 8.66. The third kappa shape index (κ3) is 3.31. The minimum absolute atomic E-state index is 0.461. The number of rotatable bonds is 4. The van der Waals surface area contributed by atoms with E-state index in [1.807, 2.05) is 12.1 Å². The zero-order valence-corrected chi connectivity index (χ0v) is 11.2. The fourth-order valence-corrected chi connectivity index (χ4v) is 3.16. The Morgan fingerprint density at radius 3 is 2.61 bits per heavy atom. The van der Waals surface area contributed by atoms with Crippen LogP contribution in [-0.4, -0.2) is 14.9 Å². The minimum atomic E-state index is -1.11. The van der Waals surface area contributed by atoms with Crippen molar-refractivity contribution < 1.29 is 4.21 Å². The molecule has 0 aliphatic carbocycles. The zero-order valence-electron chi connectivity index (χ0n) is 9.67. The molecule has 0 aliphatic heterocycles. The molecule has 2 rings (SSSR count). The number of benzene rings is 1. The van der Waals surface area contributed by atoms with Crippen LogP contribution in [0, 0.1) is 0 Å². The Kier molecular flexibility index (Phi) is 4.33. The van der Waals surface area contributed by atoms with Crippen molar-refractivity contribution in [1.82, 2.24) is 4.98 Å². The molecule has 94 valence electrons. The molecule has 1 unspecified atom stereocenters. The molecule has 5 heteroatoms. The van der Waals surface area contributed by atoms with Gasteiger partial charge in [-0.05, 0) is 42.3 Å². The van der Waals surface area contributed by atoms with Gasteiger partial charge in [-0.15, -0.1) is 0 Å². The van der Waals surface area contributed by atoms with Gasteiger partial charge in [-0.3, -0.25) is 9.19 Å². The highest BCUT2D eigenvalue weighted by Gasteiger charge is 2.09. The van der Waals surface area contributed by atoms with Gasteiger partial charge in [0.2, 0.25) is 0 Å². The van der Waals surface area contributed by atoms with E-state index in [0.29, 0.717) is 21.4 Å². The van der Waals surface area contributed by atoms with E-state index in [9.17, 15) is 4.21 Å². The van der Waals surface area contributed by atoms with E-state index >= 15 is 0 Å². The molecule has 0 radical (unpaired) electrons. The summed E-state index contributed by atoms with van der Waals surface area (Å²) >= 11 is 6.02. The van der Waals surface area contributed by atoms with E-state index in [4.69, 9.17) is 17.3 Å². The number of pyridine rings is 1. The topological polar surface area (TPSA) is 56.0 Å². The molecule has 1 aromatic heterocycles. The van der Waals surface area contributed by atoms with Crippen molar-refractivity contribution in [3.63, 3.8) is 0 Å². The Labute approximate surface area is 113 Å². The van der Waals surface area contributed by atoms with Crippen molar-refractivity contribution in [3.05, 3.63) is 53.3 Å². The van der Waals surface area contributed by atoms with E-state index < -0.39 is 10.8 Å². The molecular weight excluding hydrogens is 268 g/mol. The van der Waals surface area contributed by atoms with E-state index in [-0.39, 0.29) is 0 Å². The summed E-state index contributed by atoms with van der Waals surface area (Å²) in [6.07, 6.45) is 4.19. The van der Waals surface area contributed by atoms with Crippen molar-refractivity contribution >= 4 is 28.1 Å². The molecule has 0 bridgehead atoms. The summed E-state index contributed by atoms with van der Waals surface area (Å²) in [6, 6.07) is 8.90. The van der Waals surface area contributed by atoms with Crippen LogP contribution in [0.4, 0.5) is 5.69 Å². The van der Waals surface area contributed by atoms with Gasteiger partial charge in [-0.25, -0.2) is 0 Å². The van der Waals surface area contributed by atoms with Crippen LogP contribution in [0.3, 0.4) is 0 Å². The van der Waals surface area contributed by atoms with Crippen LogP contribution in [0.5, 0.6) is 0 Å². The Balaban J connectivity index is 2.04. The fraction of sp³-hybridized carbons (Fsp3) is 0.154. The van der Waals surface area contributed by atoms with Crippen LogP contribution in [0.2, 0.25) is 5.02 Å². The van der Waals surface area contributed by atoms with Crippen LogP contribution >= 0.6 is 11.6 Å². The van der Waals surface area contributed by atoms with Crippen molar-refractivity contribution in [1.29, 1.82) is 0 Å². The quantitative estimate of drug-likeness (QED) is 0.876.